The molecule has 0 radical (unpaired) electrons. The van der Waals surface area contributed by atoms with E-state index in [0.717, 1.165) is 25.7 Å². The number of carbonyl (C=O) groups is 2. The van der Waals surface area contributed by atoms with Gasteiger partial charge in [0, 0.05) is 12.1 Å². The maximum atomic E-state index is 12.1. The maximum Gasteiger partial charge on any atom is 0.310 e. The van der Waals surface area contributed by atoms with E-state index in [1.54, 1.807) is 12.1 Å². The Bertz CT molecular complexity index is 462. The summed E-state index contributed by atoms with van der Waals surface area (Å²) in [5.41, 5.74) is -0.165. The molecule has 1 amide bonds. The largest absolute Gasteiger partial charge is 0.481 e. The van der Waals surface area contributed by atoms with Gasteiger partial charge in [0.25, 0.3) is 0 Å². The maximum absolute atomic E-state index is 12.1. The number of nitrogens with one attached hydrogen (secondary N) is 1. The van der Waals surface area contributed by atoms with Crippen molar-refractivity contribution in [3.8, 4) is 0 Å². The first-order chi connectivity index (χ1) is 9.62. The second-order valence-electron chi connectivity index (χ2n) is 5.59. The molecule has 2 N–H and O–H groups in total. The molecule has 1 aromatic carbocycles. The fourth-order valence-electron chi connectivity index (χ4n) is 2.91. The van der Waals surface area contributed by atoms with Crippen LogP contribution in [0.1, 0.15) is 44.9 Å². The van der Waals surface area contributed by atoms with E-state index in [1.165, 1.54) is 0 Å². The third kappa shape index (κ3) is 3.59. The Morgan fingerprint density at radius 3 is 2.20 bits per heavy atom. The summed E-state index contributed by atoms with van der Waals surface area (Å²) in [5.74, 6) is -1.04. The number of para-hydroxylation sites is 1. The topological polar surface area (TPSA) is 66.4 Å². The van der Waals surface area contributed by atoms with Crippen LogP contribution in [0.5, 0.6) is 0 Å². The zero-order valence-corrected chi connectivity index (χ0v) is 11.6. The van der Waals surface area contributed by atoms with Gasteiger partial charge >= 0.3 is 5.97 Å². The molecule has 0 unspecified atom stereocenters. The van der Waals surface area contributed by atoms with E-state index in [0.29, 0.717) is 18.5 Å². The highest BCUT2D eigenvalue weighted by Gasteiger charge is 2.40. The molecule has 0 aliphatic heterocycles. The molecule has 4 nitrogen and oxygen atoms in total. The van der Waals surface area contributed by atoms with Crippen LogP contribution in [0.25, 0.3) is 0 Å². The Labute approximate surface area is 119 Å². The standard InChI is InChI=1S/C16H21NO3/c18-14(17-13-8-4-3-5-9-13)12-16(15(19)20)10-6-1-2-7-11-16/h3-5,8-9H,1-2,6-7,10-12H2,(H,17,18)(H,19,20). The molecule has 20 heavy (non-hydrogen) atoms. The first-order valence-electron chi connectivity index (χ1n) is 7.21. The fourth-order valence-corrected chi connectivity index (χ4v) is 2.91. The molecule has 1 aromatic rings. The third-order valence-corrected chi connectivity index (χ3v) is 4.07. The highest BCUT2D eigenvalue weighted by Crippen LogP contribution is 2.38. The quantitative estimate of drug-likeness (QED) is 0.827. The number of aliphatic carboxylic acids is 1. The minimum absolute atomic E-state index is 0.0667. The van der Waals surface area contributed by atoms with Crippen molar-refractivity contribution in [2.24, 2.45) is 5.41 Å². The molecular formula is C16H21NO3. The Morgan fingerprint density at radius 2 is 1.65 bits per heavy atom. The smallest absolute Gasteiger partial charge is 0.310 e. The van der Waals surface area contributed by atoms with Crippen LogP contribution in [0, 0.1) is 5.41 Å². The Kier molecular flexibility index (Phi) is 4.77. The molecule has 0 spiro atoms. The number of carboxylic acids is 1. The average molecular weight is 275 g/mol. The van der Waals surface area contributed by atoms with Crippen LogP contribution in [-0.4, -0.2) is 17.0 Å². The first-order valence-corrected chi connectivity index (χ1v) is 7.21. The molecule has 1 saturated carbocycles. The summed E-state index contributed by atoms with van der Waals surface area (Å²) in [5, 5.41) is 12.3. The normalized spacial score (nSPS) is 18.0. The molecule has 1 aliphatic carbocycles. The number of carboxylic acid groups (broad SMARTS) is 1. The minimum atomic E-state index is -0.880. The van der Waals surface area contributed by atoms with Crippen molar-refractivity contribution in [2.45, 2.75) is 44.9 Å². The van der Waals surface area contributed by atoms with Crippen LogP contribution in [0.4, 0.5) is 5.69 Å². The summed E-state index contributed by atoms with van der Waals surface area (Å²) in [4.78, 5) is 23.8. The van der Waals surface area contributed by atoms with Crippen molar-refractivity contribution in [1.29, 1.82) is 0 Å². The van der Waals surface area contributed by atoms with Crippen molar-refractivity contribution < 1.29 is 14.7 Å². The lowest BCUT2D eigenvalue weighted by Gasteiger charge is -2.27. The number of hydrogen-bond acceptors (Lipinski definition) is 2. The molecule has 1 fully saturated rings. The van der Waals surface area contributed by atoms with Gasteiger partial charge in [-0.25, -0.2) is 0 Å². The average Bonchev–Trinajstić information content (AvgIpc) is 2.66. The first kappa shape index (κ1) is 14.6. The number of carbonyl (C=O) groups excluding carboxylic acids is 1. The second kappa shape index (κ2) is 6.55. The van der Waals surface area contributed by atoms with Crippen molar-refractivity contribution >= 4 is 17.6 Å². The Morgan fingerprint density at radius 1 is 1.05 bits per heavy atom. The summed E-state index contributed by atoms with van der Waals surface area (Å²) in [7, 11) is 0. The lowest BCUT2D eigenvalue weighted by molar-refractivity contribution is -0.152. The van der Waals surface area contributed by atoms with Gasteiger partial charge in [0.1, 0.15) is 0 Å². The Balaban J connectivity index is 2.04. The van der Waals surface area contributed by atoms with Crippen molar-refractivity contribution in [2.75, 3.05) is 5.32 Å². The van der Waals surface area contributed by atoms with E-state index in [4.69, 9.17) is 0 Å². The van der Waals surface area contributed by atoms with Gasteiger partial charge in [0.05, 0.1) is 5.41 Å². The summed E-state index contributed by atoms with van der Waals surface area (Å²) in [6.07, 6.45) is 5.19. The lowest BCUT2D eigenvalue weighted by Crippen LogP contribution is -2.35. The zero-order chi connectivity index (χ0) is 14.4. The number of hydrogen-bond donors (Lipinski definition) is 2. The van der Waals surface area contributed by atoms with Gasteiger partial charge in [-0.3, -0.25) is 9.59 Å². The summed E-state index contributed by atoms with van der Waals surface area (Å²) >= 11 is 0. The summed E-state index contributed by atoms with van der Waals surface area (Å²) in [6, 6.07) is 9.17. The predicted molar refractivity (Wildman–Crippen MR) is 77.5 cm³/mol. The number of anilines is 1. The molecular weight excluding hydrogens is 254 g/mol. The molecule has 0 atom stereocenters. The van der Waals surface area contributed by atoms with Gasteiger partial charge in [0.2, 0.25) is 5.91 Å². The summed E-state index contributed by atoms with van der Waals surface area (Å²) in [6.45, 7) is 0. The van der Waals surface area contributed by atoms with E-state index in [2.05, 4.69) is 5.32 Å². The van der Waals surface area contributed by atoms with E-state index in [-0.39, 0.29) is 12.3 Å². The van der Waals surface area contributed by atoms with Crippen LogP contribution in [0.3, 0.4) is 0 Å². The SMILES string of the molecule is O=C(CC1(C(=O)O)CCCCCC1)Nc1ccccc1. The van der Waals surface area contributed by atoms with Gasteiger partial charge < -0.3 is 10.4 Å². The van der Waals surface area contributed by atoms with Gasteiger partial charge in [-0.05, 0) is 25.0 Å². The molecule has 0 saturated heterocycles. The van der Waals surface area contributed by atoms with Gasteiger partial charge in [-0.15, -0.1) is 0 Å². The van der Waals surface area contributed by atoms with Gasteiger partial charge in [-0.1, -0.05) is 43.9 Å². The monoisotopic (exact) mass is 275 g/mol. The zero-order valence-electron chi connectivity index (χ0n) is 11.6. The molecule has 4 heteroatoms. The third-order valence-electron chi connectivity index (χ3n) is 4.07. The second-order valence-corrected chi connectivity index (χ2v) is 5.59. The van der Waals surface area contributed by atoms with Crippen molar-refractivity contribution in [3.05, 3.63) is 30.3 Å². The highest BCUT2D eigenvalue weighted by atomic mass is 16.4. The van der Waals surface area contributed by atoms with E-state index in [1.807, 2.05) is 18.2 Å². The molecule has 108 valence electrons. The minimum Gasteiger partial charge on any atom is -0.481 e. The van der Waals surface area contributed by atoms with Crippen LogP contribution < -0.4 is 5.32 Å². The van der Waals surface area contributed by atoms with Crippen LogP contribution >= 0.6 is 0 Å². The van der Waals surface area contributed by atoms with Crippen LogP contribution in [-0.2, 0) is 9.59 Å². The highest BCUT2D eigenvalue weighted by molar-refractivity contribution is 5.94. The lowest BCUT2D eigenvalue weighted by atomic mass is 9.77. The van der Waals surface area contributed by atoms with E-state index >= 15 is 0 Å². The fraction of sp³-hybridized carbons (Fsp3) is 0.500. The van der Waals surface area contributed by atoms with Crippen LogP contribution in [0.2, 0.25) is 0 Å². The van der Waals surface area contributed by atoms with Gasteiger partial charge in [-0.2, -0.15) is 0 Å². The molecule has 2 rings (SSSR count). The number of benzene rings is 1. The van der Waals surface area contributed by atoms with Crippen LogP contribution in [0.15, 0.2) is 30.3 Å². The molecule has 0 bridgehead atoms. The number of amides is 1. The summed E-state index contributed by atoms with van der Waals surface area (Å²) < 4.78 is 0. The predicted octanol–water partition coefficient (Wildman–Crippen LogP) is 3.44. The van der Waals surface area contributed by atoms with Crippen molar-refractivity contribution in [1.82, 2.24) is 0 Å². The molecule has 0 heterocycles. The molecule has 1 aliphatic rings. The number of rotatable bonds is 4. The van der Waals surface area contributed by atoms with E-state index < -0.39 is 11.4 Å². The Hall–Kier alpha value is -1.84. The van der Waals surface area contributed by atoms with E-state index in [9.17, 15) is 14.7 Å². The molecule has 0 aromatic heterocycles. The van der Waals surface area contributed by atoms with Gasteiger partial charge in [0.15, 0.2) is 0 Å². The van der Waals surface area contributed by atoms with Crippen molar-refractivity contribution in [3.63, 3.8) is 0 Å².